The molecule has 2 aromatic heterocycles. The van der Waals surface area contributed by atoms with E-state index in [0.29, 0.717) is 29.4 Å². The predicted molar refractivity (Wildman–Crippen MR) is 111 cm³/mol. The van der Waals surface area contributed by atoms with Crippen molar-refractivity contribution in [3.63, 3.8) is 0 Å². The van der Waals surface area contributed by atoms with Gasteiger partial charge in [-0.25, -0.2) is 4.98 Å². The van der Waals surface area contributed by atoms with Gasteiger partial charge < -0.3 is 10.6 Å². The van der Waals surface area contributed by atoms with Crippen LogP contribution in [0.25, 0.3) is 5.65 Å². The number of hydrogen-bond acceptors (Lipinski definition) is 3. The number of imidazole rings is 1. The summed E-state index contributed by atoms with van der Waals surface area (Å²) in [7, 11) is 0. The van der Waals surface area contributed by atoms with Crippen molar-refractivity contribution in [2.45, 2.75) is 32.6 Å². The molecule has 0 radical (unpaired) electrons. The minimum absolute atomic E-state index is 0.0206. The van der Waals surface area contributed by atoms with Crippen LogP contribution in [0, 0.1) is 6.92 Å². The van der Waals surface area contributed by atoms with E-state index < -0.39 is 0 Å². The van der Waals surface area contributed by atoms with Crippen molar-refractivity contribution in [2.75, 3.05) is 11.9 Å². The smallest absolute Gasteiger partial charge is 0.270 e. The fraction of sp³-hybridized carbons (Fsp3) is 0.286. The molecular weight excluding hydrogens is 376 g/mol. The molecule has 0 atom stereocenters. The number of unbranched alkanes of at least 4 members (excludes halogenated alkanes) is 2. The molecule has 0 spiro atoms. The Labute approximate surface area is 168 Å². The second-order valence-corrected chi connectivity index (χ2v) is 7.03. The molecule has 0 aliphatic heterocycles. The molecule has 2 N–H and O–H groups in total. The number of aryl methyl sites for hydroxylation is 1. The summed E-state index contributed by atoms with van der Waals surface area (Å²) in [5, 5.41) is 6.42. The first-order chi connectivity index (χ1) is 13.5. The van der Waals surface area contributed by atoms with Crippen LogP contribution in [0.5, 0.6) is 0 Å². The zero-order valence-electron chi connectivity index (χ0n) is 15.7. The Morgan fingerprint density at radius 2 is 1.86 bits per heavy atom. The number of hydrogen-bond donors (Lipinski definition) is 2. The molecule has 7 heteroatoms. The third-order valence-electron chi connectivity index (χ3n) is 4.41. The molecule has 0 bridgehead atoms. The summed E-state index contributed by atoms with van der Waals surface area (Å²) in [6, 6.07) is 12.7. The van der Waals surface area contributed by atoms with E-state index in [0.717, 1.165) is 30.6 Å². The van der Waals surface area contributed by atoms with Crippen molar-refractivity contribution in [3.05, 3.63) is 65.1 Å². The second-order valence-electron chi connectivity index (χ2n) is 6.60. The number of amides is 2. The monoisotopic (exact) mass is 398 g/mol. The lowest BCUT2D eigenvalue weighted by molar-refractivity contribution is -0.116. The number of halogens is 1. The van der Waals surface area contributed by atoms with Crippen LogP contribution in [0.1, 0.15) is 41.9 Å². The van der Waals surface area contributed by atoms with E-state index in [9.17, 15) is 9.59 Å². The highest BCUT2D eigenvalue weighted by atomic mass is 35.5. The Bertz CT molecular complexity index is 966. The van der Waals surface area contributed by atoms with Crippen LogP contribution in [0.15, 0.2) is 48.7 Å². The zero-order valence-corrected chi connectivity index (χ0v) is 16.5. The maximum Gasteiger partial charge on any atom is 0.270 e. The van der Waals surface area contributed by atoms with E-state index in [-0.39, 0.29) is 11.8 Å². The number of aromatic nitrogens is 2. The van der Waals surface area contributed by atoms with E-state index in [1.165, 1.54) is 0 Å². The lowest BCUT2D eigenvalue weighted by Gasteiger charge is -2.07. The fourth-order valence-electron chi connectivity index (χ4n) is 3.02. The van der Waals surface area contributed by atoms with E-state index in [2.05, 4.69) is 15.6 Å². The first-order valence-corrected chi connectivity index (χ1v) is 9.69. The molecule has 2 heterocycles. The first kappa shape index (κ1) is 19.9. The van der Waals surface area contributed by atoms with Crippen molar-refractivity contribution in [2.24, 2.45) is 0 Å². The Morgan fingerprint density at radius 1 is 1.07 bits per heavy atom. The third-order valence-corrected chi connectivity index (χ3v) is 4.67. The highest BCUT2D eigenvalue weighted by Gasteiger charge is 2.15. The van der Waals surface area contributed by atoms with Crippen molar-refractivity contribution < 1.29 is 9.59 Å². The van der Waals surface area contributed by atoms with Gasteiger partial charge in [0.1, 0.15) is 11.3 Å². The highest BCUT2D eigenvalue weighted by Crippen LogP contribution is 2.14. The summed E-state index contributed by atoms with van der Waals surface area (Å²) < 4.78 is 1.80. The van der Waals surface area contributed by atoms with Gasteiger partial charge in [-0.15, -0.1) is 0 Å². The standard InChI is InChI=1S/C21H23ClN4O2/c1-15-20(26-14-6-4-7-18(26)24-15)21(28)23-13-5-2-3-8-19(27)25-17-11-9-16(22)10-12-17/h4,6-7,9-12,14H,2-3,5,8,13H2,1H3,(H,23,28)(H,25,27). The number of carbonyl (C=O) groups excluding carboxylic acids is 2. The van der Waals surface area contributed by atoms with E-state index in [4.69, 9.17) is 11.6 Å². The van der Waals surface area contributed by atoms with Crippen molar-refractivity contribution in [1.82, 2.24) is 14.7 Å². The molecule has 0 saturated carbocycles. The largest absolute Gasteiger partial charge is 0.351 e. The Hall–Kier alpha value is -2.86. The lowest BCUT2D eigenvalue weighted by Crippen LogP contribution is -2.26. The number of nitrogens with zero attached hydrogens (tertiary/aromatic N) is 2. The SMILES string of the molecule is Cc1nc2ccccn2c1C(=O)NCCCCCC(=O)Nc1ccc(Cl)cc1. The molecule has 0 aliphatic rings. The molecule has 0 fully saturated rings. The maximum absolute atomic E-state index is 12.5. The normalized spacial score (nSPS) is 10.8. The summed E-state index contributed by atoms with van der Waals surface area (Å²) >= 11 is 5.83. The summed E-state index contributed by atoms with van der Waals surface area (Å²) in [5.41, 5.74) is 2.78. The van der Waals surface area contributed by atoms with Gasteiger partial charge >= 0.3 is 0 Å². The molecule has 0 aliphatic carbocycles. The van der Waals surface area contributed by atoms with Gasteiger partial charge in [0.15, 0.2) is 0 Å². The molecule has 2 amide bonds. The Morgan fingerprint density at radius 3 is 2.64 bits per heavy atom. The average molecular weight is 399 g/mol. The van der Waals surface area contributed by atoms with Gasteiger partial charge in [0.25, 0.3) is 5.91 Å². The number of fused-ring (bicyclic) bond motifs is 1. The van der Waals surface area contributed by atoms with Gasteiger partial charge in [0.2, 0.25) is 5.91 Å². The Balaban J connectivity index is 1.36. The van der Waals surface area contributed by atoms with Crippen LogP contribution in [0.2, 0.25) is 5.02 Å². The van der Waals surface area contributed by atoms with Gasteiger partial charge in [0.05, 0.1) is 5.69 Å². The Kier molecular flexibility index (Phi) is 6.66. The highest BCUT2D eigenvalue weighted by molar-refractivity contribution is 6.30. The molecule has 3 aromatic rings. The van der Waals surface area contributed by atoms with Crippen LogP contribution in [0.3, 0.4) is 0 Å². The maximum atomic E-state index is 12.5. The number of pyridine rings is 1. The molecule has 146 valence electrons. The molecule has 1 aromatic carbocycles. The fourth-order valence-corrected chi connectivity index (χ4v) is 3.14. The van der Waals surface area contributed by atoms with E-state index >= 15 is 0 Å². The van der Waals surface area contributed by atoms with E-state index in [1.807, 2.05) is 31.3 Å². The molecular formula is C21H23ClN4O2. The number of carbonyl (C=O) groups is 2. The molecule has 0 saturated heterocycles. The number of nitrogens with one attached hydrogen (secondary N) is 2. The van der Waals surface area contributed by atoms with E-state index in [1.54, 1.807) is 28.7 Å². The summed E-state index contributed by atoms with van der Waals surface area (Å²) in [6.07, 6.45) is 4.73. The van der Waals surface area contributed by atoms with Crippen molar-refractivity contribution in [1.29, 1.82) is 0 Å². The number of anilines is 1. The summed E-state index contributed by atoms with van der Waals surface area (Å²) in [4.78, 5) is 28.8. The van der Waals surface area contributed by atoms with Gasteiger partial charge in [-0.3, -0.25) is 14.0 Å². The van der Waals surface area contributed by atoms with Crippen LogP contribution in [0.4, 0.5) is 5.69 Å². The number of benzene rings is 1. The van der Waals surface area contributed by atoms with Crippen molar-refractivity contribution >= 4 is 34.7 Å². The minimum atomic E-state index is -0.128. The topological polar surface area (TPSA) is 75.5 Å². The predicted octanol–water partition coefficient (Wildman–Crippen LogP) is 4.23. The molecule has 28 heavy (non-hydrogen) atoms. The van der Waals surface area contributed by atoms with Gasteiger partial charge in [-0.2, -0.15) is 0 Å². The van der Waals surface area contributed by atoms with Gasteiger partial charge in [0, 0.05) is 29.9 Å². The molecule has 0 unspecified atom stereocenters. The molecule has 6 nitrogen and oxygen atoms in total. The minimum Gasteiger partial charge on any atom is -0.351 e. The van der Waals surface area contributed by atoms with Crippen LogP contribution < -0.4 is 10.6 Å². The average Bonchev–Trinajstić information content (AvgIpc) is 3.02. The second kappa shape index (κ2) is 9.37. The van der Waals surface area contributed by atoms with Gasteiger partial charge in [-0.05, 0) is 56.2 Å². The first-order valence-electron chi connectivity index (χ1n) is 9.32. The van der Waals surface area contributed by atoms with Gasteiger partial charge in [-0.1, -0.05) is 24.1 Å². The lowest BCUT2D eigenvalue weighted by atomic mass is 10.2. The number of rotatable bonds is 8. The third kappa shape index (κ3) is 5.10. The van der Waals surface area contributed by atoms with Crippen molar-refractivity contribution in [3.8, 4) is 0 Å². The van der Waals surface area contributed by atoms with Crippen LogP contribution in [-0.2, 0) is 4.79 Å². The van der Waals surface area contributed by atoms with Crippen LogP contribution in [-0.4, -0.2) is 27.7 Å². The summed E-state index contributed by atoms with van der Waals surface area (Å²) in [6.45, 7) is 2.40. The zero-order chi connectivity index (χ0) is 19.9. The van der Waals surface area contributed by atoms with Crippen LogP contribution >= 0.6 is 11.6 Å². The quantitative estimate of drug-likeness (QED) is 0.557. The summed E-state index contributed by atoms with van der Waals surface area (Å²) in [5.74, 6) is -0.149. The molecule has 3 rings (SSSR count).